The molecule has 0 aliphatic carbocycles. The highest BCUT2D eigenvalue weighted by Crippen LogP contribution is 2.46. The molecule has 296 valence electrons. The molecule has 0 saturated heterocycles. The maximum absolute atomic E-state index is 13.9. The minimum absolute atomic E-state index is 0.224. The number of nitrogens with zero attached hydrogens (tertiary/aromatic N) is 6. The van der Waals surface area contributed by atoms with Gasteiger partial charge in [-0.2, -0.15) is 57.5 Å². The third-order valence-electron chi connectivity index (χ3n) is 6.99. The Bertz CT molecular complexity index is 3010. The zero-order valence-corrected chi connectivity index (χ0v) is 30.9. The van der Waals surface area contributed by atoms with Crippen LogP contribution in [0.5, 0.6) is 17.2 Å². The smallest absolute Gasteiger partial charge is 0.313 e. The number of anilines is 2. The topological polar surface area (TPSA) is 354 Å². The Hall–Kier alpha value is -5.59. The van der Waals surface area contributed by atoms with Crippen LogP contribution in [0.2, 0.25) is 5.02 Å². The molecule has 0 spiro atoms. The van der Waals surface area contributed by atoms with Crippen LogP contribution >= 0.6 is 11.6 Å². The quantitative estimate of drug-likeness (QED) is 0.0370. The molecule has 1 heterocycles. The van der Waals surface area contributed by atoms with Crippen molar-refractivity contribution in [3.05, 3.63) is 65.6 Å². The van der Waals surface area contributed by atoms with E-state index in [0.717, 1.165) is 37.4 Å². The fourth-order valence-corrected chi connectivity index (χ4v) is 7.54. The molecule has 22 nitrogen and oxygen atoms in total. The first-order chi connectivity index (χ1) is 25.8. The molecule has 0 atom stereocenters. The summed E-state index contributed by atoms with van der Waals surface area (Å²) in [7, 11) is -20.1. The number of hydrogen-bond acceptors (Lipinski definition) is 18. The van der Waals surface area contributed by atoms with Gasteiger partial charge in [-0.25, -0.2) is 0 Å². The second-order valence-electron chi connectivity index (χ2n) is 10.7. The van der Waals surface area contributed by atoms with Crippen LogP contribution < -0.4 is 10.1 Å². The number of azo groups is 2. The van der Waals surface area contributed by atoms with Gasteiger partial charge in [0.05, 0.1) is 17.7 Å². The van der Waals surface area contributed by atoms with Crippen molar-refractivity contribution in [2.24, 2.45) is 20.5 Å². The standard InChI is InChI=1S/C27H18ClF2N7O15S4/c1-52-24-15(6-12(8-19(24)56(49,50)51)31-26-21(28)25(29)32-27(30)33-26)36-34-11-2-3-14(16(38)7-11)35-37-22-18(55(46,47)48)5-10-4-13(53(40,41)42)9-17(54(43,44)45)20(10)23(22)39/h2-9,38-39H,1H3,(H,31,32,33)(H,40,41,42)(H,43,44,45)(H,46,47,48)(H,49,50,51). The van der Waals surface area contributed by atoms with Gasteiger partial charge in [-0.15, -0.1) is 15.3 Å². The summed E-state index contributed by atoms with van der Waals surface area (Å²) < 4.78 is 168. The first kappa shape index (κ1) is 41.6. The number of phenols is 2. The number of aromatic hydroxyl groups is 2. The molecule has 5 rings (SSSR count). The number of rotatable bonds is 11. The van der Waals surface area contributed by atoms with E-state index in [1.54, 1.807) is 0 Å². The Kier molecular flexibility index (Phi) is 11.0. The van der Waals surface area contributed by atoms with Crippen molar-refractivity contribution in [2.45, 2.75) is 19.6 Å². The minimum Gasteiger partial charge on any atom is -0.506 e. The third-order valence-corrected chi connectivity index (χ3v) is 10.8. The number of phenolic OH excluding ortho intramolecular Hbond substituents is 2. The van der Waals surface area contributed by atoms with Crippen LogP contribution in [0.1, 0.15) is 0 Å². The molecule has 4 aromatic carbocycles. The summed E-state index contributed by atoms with van der Waals surface area (Å²) in [5.41, 5.74) is -2.68. The van der Waals surface area contributed by atoms with Gasteiger partial charge in [0.2, 0.25) is 5.95 Å². The molecular weight excluding hydrogens is 864 g/mol. The molecule has 0 aliphatic heterocycles. The summed E-state index contributed by atoms with van der Waals surface area (Å²) >= 11 is 5.76. The lowest BCUT2D eigenvalue weighted by Crippen LogP contribution is -2.06. The van der Waals surface area contributed by atoms with Gasteiger partial charge in [0.15, 0.2) is 17.3 Å². The van der Waals surface area contributed by atoms with E-state index >= 15 is 0 Å². The highest BCUT2D eigenvalue weighted by atomic mass is 35.5. The summed E-state index contributed by atoms with van der Waals surface area (Å²) in [4.78, 5) is 1.39. The number of hydrogen-bond donors (Lipinski definition) is 7. The van der Waals surface area contributed by atoms with Crippen molar-refractivity contribution in [3.63, 3.8) is 0 Å². The zero-order valence-electron chi connectivity index (χ0n) is 26.9. The van der Waals surface area contributed by atoms with Gasteiger partial charge in [-0.1, -0.05) is 11.6 Å². The van der Waals surface area contributed by atoms with Gasteiger partial charge >= 0.3 is 6.08 Å². The highest BCUT2D eigenvalue weighted by molar-refractivity contribution is 7.87. The minimum atomic E-state index is -5.41. The molecule has 0 aliphatic rings. The molecule has 5 aromatic rings. The number of methoxy groups -OCH3 is 1. The molecule has 0 fully saturated rings. The largest absolute Gasteiger partial charge is 0.506 e. The van der Waals surface area contributed by atoms with Gasteiger partial charge < -0.3 is 20.3 Å². The zero-order chi connectivity index (χ0) is 41.7. The van der Waals surface area contributed by atoms with Crippen molar-refractivity contribution in [1.29, 1.82) is 0 Å². The van der Waals surface area contributed by atoms with Crippen molar-refractivity contribution >= 4 is 97.1 Å². The van der Waals surface area contributed by atoms with E-state index in [2.05, 4.69) is 35.7 Å². The van der Waals surface area contributed by atoms with Gasteiger partial charge in [0.25, 0.3) is 40.5 Å². The van der Waals surface area contributed by atoms with Crippen LogP contribution in [0.15, 0.2) is 88.6 Å². The first-order valence-corrected chi connectivity index (χ1v) is 20.2. The third kappa shape index (κ3) is 8.77. The summed E-state index contributed by atoms with van der Waals surface area (Å²) in [6.07, 6.45) is -1.54. The molecule has 0 radical (unpaired) electrons. The predicted octanol–water partition coefficient (Wildman–Crippen LogP) is 5.54. The Morgan fingerprint density at radius 3 is 1.91 bits per heavy atom. The lowest BCUT2D eigenvalue weighted by Gasteiger charge is -2.13. The molecule has 0 amide bonds. The van der Waals surface area contributed by atoms with Crippen LogP contribution in [0.3, 0.4) is 0 Å². The van der Waals surface area contributed by atoms with Crippen molar-refractivity contribution in [1.82, 2.24) is 9.97 Å². The molecule has 7 N–H and O–H groups in total. The number of benzene rings is 4. The van der Waals surface area contributed by atoms with Crippen LogP contribution in [-0.2, 0) is 40.5 Å². The van der Waals surface area contributed by atoms with Crippen molar-refractivity contribution in [3.8, 4) is 17.2 Å². The highest BCUT2D eigenvalue weighted by Gasteiger charge is 2.29. The monoisotopic (exact) mass is 881 g/mol. The van der Waals surface area contributed by atoms with E-state index in [-0.39, 0.29) is 17.4 Å². The van der Waals surface area contributed by atoms with Crippen LogP contribution in [0, 0.1) is 12.0 Å². The molecule has 56 heavy (non-hydrogen) atoms. The van der Waals surface area contributed by atoms with Gasteiger partial charge in [-0.3, -0.25) is 18.2 Å². The summed E-state index contributed by atoms with van der Waals surface area (Å²) in [5.74, 6) is -4.89. The molecule has 0 unspecified atom stereocenters. The van der Waals surface area contributed by atoms with E-state index < -0.39 is 128 Å². The Balaban J connectivity index is 1.58. The number of aromatic nitrogens is 2. The normalized spacial score (nSPS) is 12.9. The molecule has 0 bridgehead atoms. The van der Waals surface area contributed by atoms with Crippen molar-refractivity contribution in [2.75, 3.05) is 12.4 Å². The van der Waals surface area contributed by atoms with E-state index in [9.17, 15) is 70.9 Å². The Morgan fingerprint density at radius 1 is 0.714 bits per heavy atom. The predicted molar refractivity (Wildman–Crippen MR) is 185 cm³/mol. The van der Waals surface area contributed by atoms with Crippen LogP contribution in [0.25, 0.3) is 10.8 Å². The fraction of sp³-hybridized carbons (Fsp3) is 0.0370. The lowest BCUT2D eigenvalue weighted by molar-refractivity contribution is 0.398. The summed E-state index contributed by atoms with van der Waals surface area (Å²) in [6, 6.07) is 5.90. The van der Waals surface area contributed by atoms with E-state index in [1.807, 2.05) is 0 Å². The van der Waals surface area contributed by atoms with Gasteiger partial charge in [0.1, 0.15) is 42.5 Å². The molecule has 0 saturated carbocycles. The van der Waals surface area contributed by atoms with Gasteiger partial charge in [-0.05, 0) is 47.9 Å². The first-order valence-electron chi connectivity index (χ1n) is 14.1. The van der Waals surface area contributed by atoms with E-state index in [4.69, 9.17) is 16.3 Å². The molecule has 1 aromatic heterocycles. The van der Waals surface area contributed by atoms with Gasteiger partial charge in [0, 0.05) is 17.1 Å². The number of halogens is 3. The number of ether oxygens (including phenoxy) is 1. The maximum atomic E-state index is 13.9. The van der Waals surface area contributed by atoms with E-state index in [1.165, 1.54) is 0 Å². The maximum Gasteiger partial charge on any atom is 0.313 e. The summed E-state index contributed by atoms with van der Waals surface area (Å²) in [5, 5.41) is 36.2. The van der Waals surface area contributed by atoms with Crippen LogP contribution in [-0.4, -0.2) is 79.2 Å². The van der Waals surface area contributed by atoms with Crippen LogP contribution in [0.4, 0.5) is 43.0 Å². The second-order valence-corrected chi connectivity index (χ2v) is 16.6. The molecular formula is C27H18ClF2N7O15S4. The van der Waals surface area contributed by atoms with E-state index in [0.29, 0.717) is 12.1 Å². The lowest BCUT2D eigenvalue weighted by atomic mass is 10.1. The molecule has 29 heteroatoms. The number of fused-ring (bicyclic) bond motifs is 1. The fourth-order valence-electron chi connectivity index (χ4n) is 4.69. The summed E-state index contributed by atoms with van der Waals surface area (Å²) in [6.45, 7) is 0. The Morgan fingerprint density at radius 2 is 1.34 bits per heavy atom. The average Bonchev–Trinajstić information content (AvgIpc) is 3.07. The second kappa shape index (κ2) is 14.8. The van der Waals surface area contributed by atoms with Crippen molar-refractivity contribution < 1.29 is 75.6 Å². The SMILES string of the molecule is COc1c(N=Nc2ccc(N=Nc3c(S(=O)(=O)O)cc4cc(S(=O)(=O)O)cc(S(=O)(=O)O)c4c3O)c(O)c2)cc(Nc2nc(F)nc(F)c2Cl)cc1S(=O)(=O)O. The number of nitrogens with one attached hydrogen (secondary N) is 1. The average molecular weight is 882 g/mol. The Labute approximate surface area is 316 Å².